The van der Waals surface area contributed by atoms with Crippen LogP contribution in [0, 0.1) is 12.0 Å². The lowest BCUT2D eigenvalue weighted by atomic mass is 9.93. The molecular weight excluding hydrogens is 447 g/mol. The number of fused-ring (bicyclic) bond motifs is 1. The number of aliphatic hydroxyl groups is 2. The maximum absolute atomic E-state index is 12.7. The summed E-state index contributed by atoms with van der Waals surface area (Å²) >= 11 is 0. The van der Waals surface area contributed by atoms with Crippen LogP contribution in [0.4, 0.5) is 19.0 Å². The Morgan fingerprint density at radius 1 is 1.27 bits per heavy atom. The van der Waals surface area contributed by atoms with Gasteiger partial charge in [-0.15, -0.1) is 0 Å². The third-order valence-electron chi connectivity index (χ3n) is 4.89. The van der Waals surface area contributed by atoms with E-state index in [0.717, 1.165) is 6.20 Å². The largest absolute Gasteiger partial charge is 0.459 e. The van der Waals surface area contributed by atoms with Crippen molar-refractivity contribution >= 4 is 22.9 Å². The van der Waals surface area contributed by atoms with E-state index in [1.807, 2.05) is 0 Å². The number of carbonyl (C=O) groups excluding carboxylic acids is 1. The summed E-state index contributed by atoms with van der Waals surface area (Å²) in [4.78, 5) is 33.6. The molecule has 4 atom stereocenters. The second-order valence-electron chi connectivity index (χ2n) is 7.17. The minimum atomic E-state index is -4.68. The molecule has 14 heteroatoms. The predicted molar refractivity (Wildman–Crippen MR) is 105 cm³/mol. The Labute approximate surface area is 183 Å². The second-order valence-corrected chi connectivity index (χ2v) is 7.17. The molecule has 0 aromatic carbocycles. The molecule has 0 saturated carbocycles. The van der Waals surface area contributed by atoms with E-state index < -0.39 is 42.0 Å². The van der Waals surface area contributed by atoms with Gasteiger partial charge in [0, 0.05) is 12.7 Å². The Morgan fingerprint density at radius 3 is 2.88 bits per heavy atom. The summed E-state index contributed by atoms with van der Waals surface area (Å²) in [6.07, 6.45) is -4.04. The third kappa shape index (κ3) is 5.06. The molecule has 0 bridgehead atoms. The van der Waals surface area contributed by atoms with Crippen molar-refractivity contribution in [1.29, 1.82) is 0 Å². The fourth-order valence-electron chi connectivity index (χ4n) is 3.12. The van der Waals surface area contributed by atoms with Crippen molar-refractivity contribution in [3.63, 3.8) is 0 Å². The lowest BCUT2D eigenvalue weighted by Crippen LogP contribution is -2.53. The van der Waals surface area contributed by atoms with Crippen molar-refractivity contribution in [3.8, 4) is 6.07 Å². The summed E-state index contributed by atoms with van der Waals surface area (Å²) in [5.41, 5.74) is 0.0813. The SMILES string of the molecule is O=C(NCC1OCC(C#[N+]c2cncc(C(F)(F)F)n2)C(O)[C@H]1O)c1cnc2nc[nH]c2c1. The van der Waals surface area contributed by atoms with Gasteiger partial charge in [0.05, 0.1) is 30.2 Å². The number of imidazole rings is 1. The summed E-state index contributed by atoms with van der Waals surface area (Å²) in [5, 5.41) is 23.3. The van der Waals surface area contributed by atoms with Gasteiger partial charge in [0.25, 0.3) is 11.6 Å². The molecule has 1 aliphatic heterocycles. The zero-order valence-corrected chi connectivity index (χ0v) is 16.7. The Kier molecular flexibility index (Phi) is 6.18. The van der Waals surface area contributed by atoms with E-state index in [1.54, 1.807) is 6.07 Å². The lowest BCUT2D eigenvalue weighted by Gasteiger charge is -2.34. The van der Waals surface area contributed by atoms with Crippen LogP contribution in [0.15, 0.2) is 31.0 Å². The van der Waals surface area contributed by atoms with Crippen LogP contribution in [-0.4, -0.2) is 72.5 Å². The number of pyridine rings is 1. The van der Waals surface area contributed by atoms with E-state index in [1.165, 1.54) is 12.5 Å². The van der Waals surface area contributed by atoms with Crippen LogP contribution in [-0.2, 0) is 10.9 Å². The molecule has 4 heterocycles. The van der Waals surface area contributed by atoms with Crippen LogP contribution in [0.25, 0.3) is 16.0 Å². The van der Waals surface area contributed by atoms with Gasteiger partial charge in [0.1, 0.15) is 30.4 Å². The van der Waals surface area contributed by atoms with Crippen LogP contribution in [0.5, 0.6) is 0 Å². The minimum Gasteiger partial charge on any atom is -0.389 e. The highest BCUT2D eigenvalue weighted by Crippen LogP contribution is 2.28. The number of H-pyrrole nitrogens is 1. The van der Waals surface area contributed by atoms with E-state index in [4.69, 9.17) is 4.74 Å². The predicted octanol–water partition coefficient (Wildman–Crippen LogP) is 0.898. The molecule has 1 aliphatic rings. The molecule has 0 aliphatic carbocycles. The van der Waals surface area contributed by atoms with Crippen LogP contribution in [0.1, 0.15) is 16.1 Å². The van der Waals surface area contributed by atoms with E-state index in [2.05, 4.69) is 41.2 Å². The summed E-state index contributed by atoms with van der Waals surface area (Å²) in [7, 11) is 0. The minimum absolute atomic E-state index is 0.110. The van der Waals surface area contributed by atoms with Crippen LogP contribution in [0.2, 0.25) is 0 Å². The Morgan fingerprint density at radius 2 is 2.09 bits per heavy atom. The van der Waals surface area contributed by atoms with Gasteiger partial charge < -0.3 is 25.3 Å². The number of amides is 1. The number of aromatic amines is 1. The molecule has 1 amide bonds. The average Bonchev–Trinajstić information content (AvgIpc) is 3.27. The number of rotatable bonds is 3. The first-order valence-corrected chi connectivity index (χ1v) is 9.63. The highest BCUT2D eigenvalue weighted by Gasteiger charge is 2.40. The van der Waals surface area contributed by atoms with Gasteiger partial charge >= 0.3 is 12.0 Å². The number of ether oxygens (including phenoxy) is 1. The number of halogens is 3. The quantitative estimate of drug-likeness (QED) is 0.447. The standard InChI is InChI=1S/C19H16F3N7O4/c20-19(21,22)13-5-23-6-14(29-13)24-3-10-7-33-12(16(31)15(10)30)4-26-18(32)9-1-11-17(25-2-9)28-8-27-11/h1-2,5-6,8,10,12,15-16,30-31H,4,7H2,(H-,25,26,27,28,32)/p+1/t10?,12?,15?,16-/m0/s1. The molecule has 3 aromatic heterocycles. The number of nitrogens with zero attached hydrogens (tertiary/aromatic N) is 5. The van der Waals surface area contributed by atoms with Gasteiger partial charge in [-0.1, -0.05) is 0 Å². The van der Waals surface area contributed by atoms with Crippen LogP contribution in [0.3, 0.4) is 0 Å². The molecule has 4 rings (SSSR count). The average molecular weight is 464 g/mol. The Hall–Kier alpha value is -3.67. The molecule has 4 N–H and O–H groups in total. The van der Waals surface area contributed by atoms with E-state index >= 15 is 0 Å². The van der Waals surface area contributed by atoms with Gasteiger partial charge in [-0.3, -0.25) is 4.79 Å². The molecule has 11 nitrogen and oxygen atoms in total. The molecule has 0 spiro atoms. The molecule has 33 heavy (non-hydrogen) atoms. The Balaban J connectivity index is 1.35. The number of aliphatic hydroxyl groups excluding tert-OH is 2. The molecule has 1 saturated heterocycles. The number of carbonyl (C=O) groups is 1. The number of nitrogens with one attached hydrogen (secondary N) is 2. The molecule has 0 radical (unpaired) electrons. The molecular formula is C19H17F3N7O4+. The number of alkyl halides is 3. The first-order chi connectivity index (χ1) is 15.7. The molecule has 3 unspecified atom stereocenters. The zero-order valence-electron chi connectivity index (χ0n) is 16.7. The number of hydrogen-bond acceptors (Lipinski definition) is 8. The normalized spacial score (nSPS) is 23.1. The molecule has 3 aromatic rings. The van der Waals surface area contributed by atoms with Crippen molar-refractivity contribution in [3.05, 3.63) is 47.1 Å². The number of hydrogen-bond donors (Lipinski definition) is 4. The monoisotopic (exact) mass is 464 g/mol. The van der Waals surface area contributed by atoms with Gasteiger partial charge in [0.2, 0.25) is 0 Å². The molecule has 172 valence electrons. The Bertz CT molecular complexity index is 1220. The van der Waals surface area contributed by atoms with Gasteiger partial charge in [-0.25, -0.2) is 15.0 Å². The zero-order chi connectivity index (χ0) is 23.6. The fourth-order valence-corrected chi connectivity index (χ4v) is 3.12. The van der Waals surface area contributed by atoms with Crippen molar-refractivity contribution in [2.45, 2.75) is 24.5 Å². The van der Waals surface area contributed by atoms with Crippen LogP contribution >= 0.6 is 0 Å². The van der Waals surface area contributed by atoms with E-state index in [0.29, 0.717) is 17.4 Å². The summed E-state index contributed by atoms with van der Waals surface area (Å²) in [6.45, 7) is -0.253. The van der Waals surface area contributed by atoms with Crippen molar-refractivity contribution in [1.82, 2.24) is 30.2 Å². The van der Waals surface area contributed by atoms with E-state index in [-0.39, 0.29) is 24.5 Å². The van der Waals surface area contributed by atoms with Gasteiger partial charge in [0.15, 0.2) is 11.7 Å². The summed E-state index contributed by atoms with van der Waals surface area (Å²) in [5.74, 6) is -1.76. The first kappa shape index (κ1) is 22.5. The van der Waals surface area contributed by atoms with Crippen LogP contribution < -0.4 is 5.32 Å². The summed E-state index contributed by atoms with van der Waals surface area (Å²) in [6, 6.07) is 4.00. The van der Waals surface area contributed by atoms with Crippen molar-refractivity contribution in [2.75, 3.05) is 13.2 Å². The molecule has 1 fully saturated rings. The van der Waals surface area contributed by atoms with E-state index in [9.17, 15) is 28.2 Å². The lowest BCUT2D eigenvalue weighted by molar-refractivity contribution is -0.149. The fraction of sp³-hybridized carbons (Fsp3) is 0.368. The highest BCUT2D eigenvalue weighted by molar-refractivity contribution is 5.96. The van der Waals surface area contributed by atoms with Gasteiger partial charge in [-0.2, -0.15) is 18.0 Å². The highest BCUT2D eigenvalue weighted by atomic mass is 19.4. The smallest absolute Gasteiger partial charge is 0.389 e. The topological polar surface area (TPSA) is 150 Å². The number of aromatic nitrogens is 5. The third-order valence-corrected chi connectivity index (χ3v) is 4.89. The maximum Gasteiger partial charge on any atom is 0.459 e. The summed E-state index contributed by atoms with van der Waals surface area (Å²) < 4.78 is 43.6. The van der Waals surface area contributed by atoms with Crippen molar-refractivity contribution in [2.24, 2.45) is 5.92 Å². The van der Waals surface area contributed by atoms with Gasteiger partial charge in [-0.05, 0) is 11.1 Å². The first-order valence-electron chi connectivity index (χ1n) is 9.63. The van der Waals surface area contributed by atoms with Crippen molar-refractivity contribution < 1.29 is 32.9 Å². The second kappa shape index (κ2) is 9.06. The maximum atomic E-state index is 12.7.